The first-order valence-corrected chi connectivity index (χ1v) is 4.86. The molecule has 0 aromatic heterocycles. The highest BCUT2D eigenvalue weighted by Crippen LogP contribution is 2.14. The summed E-state index contributed by atoms with van der Waals surface area (Å²) in [6.45, 7) is 4.37. The Balaban J connectivity index is 0.000000921. The zero-order chi connectivity index (χ0) is 11.8. The topological polar surface area (TPSA) is 78.3 Å². The molecular formula is C11H18N2O2. The number of benzene rings is 1. The molecular weight excluding hydrogens is 192 g/mol. The molecule has 1 rings (SSSR count). The van der Waals surface area contributed by atoms with Gasteiger partial charge in [-0.15, -0.1) is 0 Å². The maximum atomic E-state index is 11.1. The number of methoxy groups -OCH3 is 1. The number of hydrogen-bond acceptors (Lipinski definition) is 4. The molecule has 0 unspecified atom stereocenters. The van der Waals surface area contributed by atoms with Crippen LogP contribution in [0.2, 0.25) is 0 Å². The van der Waals surface area contributed by atoms with Gasteiger partial charge >= 0.3 is 5.97 Å². The molecule has 0 spiro atoms. The van der Waals surface area contributed by atoms with Crippen LogP contribution in [0.25, 0.3) is 0 Å². The number of carbonyl (C=O) groups is 1. The SMILES string of the molecule is CC.COC(=O)c1ccc(CN)c(N)c1. The predicted molar refractivity (Wildman–Crippen MR) is 61.4 cm³/mol. The third-order valence-corrected chi connectivity index (χ3v) is 1.79. The summed E-state index contributed by atoms with van der Waals surface area (Å²) in [6, 6.07) is 4.93. The maximum Gasteiger partial charge on any atom is 0.337 e. The minimum Gasteiger partial charge on any atom is -0.465 e. The number of carbonyl (C=O) groups excluding carboxylic acids is 1. The number of esters is 1. The number of ether oxygens (including phenoxy) is 1. The lowest BCUT2D eigenvalue weighted by Gasteiger charge is -2.04. The van der Waals surface area contributed by atoms with E-state index in [-0.39, 0.29) is 0 Å². The molecule has 84 valence electrons. The quantitative estimate of drug-likeness (QED) is 0.573. The zero-order valence-corrected chi connectivity index (χ0v) is 9.41. The van der Waals surface area contributed by atoms with Crippen molar-refractivity contribution in [3.63, 3.8) is 0 Å². The van der Waals surface area contributed by atoms with Crippen LogP contribution in [-0.4, -0.2) is 13.1 Å². The van der Waals surface area contributed by atoms with Crippen LogP contribution < -0.4 is 11.5 Å². The van der Waals surface area contributed by atoms with Crippen molar-refractivity contribution in [3.8, 4) is 0 Å². The van der Waals surface area contributed by atoms with E-state index >= 15 is 0 Å². The molecule has 1 aromatic carbocycles. The Morgan fingerprint density at radius 3 is 2.40 bits per heavy atom. The van der Waals surface area contributed by atoms with Crippen molar-refractivity contribution in [3.05, 3.63) is 29.3 Å². The Morgan fingerprint density at radius 2 is 2.00 bits per heavy atom. The number of rotatable bonds is 2. The smallest absolute Gasteiger partial charge is 0.337 e. The lowest BCUT2D eigenvalue weighted by Crippen LogP contribution is -2.06. The molecule has 0 saturated carbocycles. The first kappa shape index (κ1) is 13.4. The summed E-state index contributed by atoms with van der Waals surface area (Å²) in [6.07, 6.45) is 0. The molecule has 0 aliphatic heterocycles. The second kappa shape index (κ2) is 6.84. The van der Waals surface area contributed by atoms with Crippen LogP contribution in [-0.2, 0) is 11.3 Å². The molecule has 0 bridgehead atoms. The van der Waals surface area contributed by atoms with E-state index < -0.39 is 5.97 Å². The maximum absolute atomic E-state index is 11.1. The summed E-state index contributed by atoms with van der Waals surface area (Å²) in [7, 11) is 1.33. The van der Waals surface area contributed by atoms with Crippen LogP contribution in [0.3, 0.4) is 0 Å². The summed E-state index contributed by atoms with van der Waals surface area (Å²) in [5.74, 6) is -0.393. The van der Waals surface area contributed by atoms with E-state index in [1.807, 2.05) is 13.8 Å². The van der Waals surface area contributed by atoms with E-state index in [0.29, 0.717) is 17.8 Å². The Hall–Kier alpha value is -1.55. The average Bonchev–Trinajstić information content (AvgIpc) is 2.30. The third-order valence-electron chi connectivity index (χ3n) is 1.79. The lowest BCUT2D eigenvalue weighted by molar-refractivity contribution is 0.0601. The van der Waals surface area contributed by atoms with Gasteiger partial charge in [-0.2, -0.15) is 0 Å². The van der Waals surface area contributed by atoms with Crippen molar-refractivity contribution in [2.75, 3.05) is 12.8 Å². The van der Waals surface area contributed by atoms with Gasteiger partial charge in [0.05, 0.1) is 12.7 Å². The van der Waals surface area contributed by atoms with Crippen molar-refractivity contribution in [2.45, 2.75) is 20.4 Å². The van der Waals surface area contributed by atoms with Crippen LogP contribution in [0.15, 0.2) is 18.2 Å². The van der Waals surface area contributed by atoms with Crippen LogP contribution in [0, 0.1) is 0 Å². The van der Waals surface area contributed by atoms with Crippen LogP contribution in [0.4, 0.5) is 5.69 Å². The van der Waals surface area contributed by atoms with Crippen molar-refractivity contribution < 1.29 is 9.53 Å². The second-order valence-electron chi connectivity index (χ2n) is 2.61. The molecule has 0 atom stereocenters. The van der Waals surface area contributed by atoms with E-state index in [4.69, 9.17) is 11.5 Å². The Labute approximate surface area is 90.2 Å². The summed E-state index contributed by atoms with van der Waals surface area (Å²) in [5, 5.41) is 0. The number of nitrogen functional groups attached to an aromatic ring is 1. The van der Waals surface area contributed by atoms with Crippen LogP contribution >= 0.6 is 0 Å². The first-order chi connectivity index (χ1) is 7.19. The van der Waals surface area contributed by atoms with Crippen LogP contribution in [0.1, 0.15) is 29.8 Å². The van der Waals surface area contributed by atoms with E-state index in [2.05, 4.69) is 4.74 Å². The van der Waals surface area contributed by atoms with Gasteiger partial charge in [0.15, 0.2) is 0 Å². The van der Waals surface area contributed by atoms with Gasteiger partial charge in [0, 0.05) is 12.2 Å². The van der Waals surface area contributed by atoms with E-state index in [1.165, 1.54) is 7.11 Å². The predicted octanol–water partition coefficient (Wildman–Crippen LogP) is 1.54. The summed E-state index contributed by atoms with van der Waals surface area (Å²) < 4.78 is 4.54. The highest BCUT2D eigenvalue weighted by molar-refractivity contribution is 5.90. The fourth-order valence-electron chi connectivity index (χ4n) is 1.03. The average molecular weight is 210 g/mol. The molecule has 0 fully saturated rings. The van der Waals surface area contributed by atoms with Gasteiger partial charge in [0.1, 0.15) is 0 Å². The van der Waals surface area contributed by atoms with E-state index in [1.54, 1.807) is 18.2 Å². The molecule has 4 heteroatoms. The van der Waals surface area contributed by atoms with E-state index in [9.17, 15) is 4.79 Å². The zero-order valence-electron chi connectivity index (χ0n) is 9.41. The first-order valence-electron chi connectivity index (χ1n) is 4.86. The van der Waals surface area contributed by atoms with Crippen molar-refractivity contribution in [2.24, 2.45) is 5.73 Å². The summed E-state index contributed by atoms with van der Waals surface area (Å²) in [5.41, 5.74) is 12.8. The van der Waals surface area contributed by atoms with Crippen molar-refractivity contribution in [1.82, 2.24) is 0 Å². The van der Waals surface area contributed by atoms with Gasteiger partial charge < -0.3 is 16.2 Å². The van der Waals surface area contributed by atoms with Gasteiger partial charge in [-0.05, 0) is 17.7 Å². The Morgan fingerprint density at radius 1 is 1.40 bits per heavy atom. The van der Waals surface area contributed by atoms with Crippen LogP contribution in [0.5, 0.6) is 0 Å². The van der Waals surface area contributed by atoms with Gasteiger partial charge in [-0.25, -0.2) is 4.79 Å². The van der Waals surface area contributed by atoms with Gasteiger partial charge in [-0.1, -0.05) is 19.9 Å². The Kier molecular flexibility index (Phi) is 6.13. The van der Waals surface area contributed by atoms with Gasteiger partial charge in [0.2, 0.25) is 0 Å². The summed E-state index contributed by atoms with van der Waals surface area (Å²) in [4.78, 5) is 11.1. The molecule has 0 heterocycles. The standard InChI is InChI=1S/C9H12N2O2.C2H6/c1-13-9(12)6-2-3-7(5-10)8(11)4-6;1-2/h2-4H,5,10-11H2,1H3;1-2H3. The highest BCUT2D eigenvalue weighted by atomic mass is 16.5. The highest BCUT2D eigenvalue weighted by Gasteiger charge is 2.06. The fraction of sp³-hybridized carbons (Fsp3) is 0.364. The minimum absolute atomic E-state index is 0.368. The molecule has 0 aliphatic rings. The molecule has 0 aliphatic carbocycles. The third kappa shape index (κ3) is 3.59. The van der Waals surface area contributed by atoms with E-state index in [0.717, 1.165) is 5.56 Å². The number of anilines is 1. The molecule has 0 amide bonds. The second-order valence-corrected chi connectivity index (χ2v) is 2.61. The lowest BCUT2D eigenvalue weighted by atomic mass is 10.1. The largest absolute Gasteiger partial charge is 0.465 e. The fourth-order valence-corrected chi connectivity index (χ4v) is 1.03. The van der Waals surface area contributed by atoms with Crippen molar-refractivity contribution >= 4 is 11.7 Å². The minimum atomic E-state index is -0.393. The van der Waals surface area contributed by atoms with Gasteiger partial charge in [0.25, 0.3) is 0 Å². The number of hydrogen-bond donors (Lipinski definition) is 2. The molecule has 4 N–H and O–H groups in total. The summed E-state index contributed by atoms with van der Waals surface area (Å²) >= 11 is 0. The molecule has 0 radical (unpaired) electrons. The van der Waals surface area contributed by atoms with Gasteiger partial charge in [-0.3, -0.25) is 0 Å². The molecule has 1 aromatic rings. The normalized spacial score (nSPS) is 8.80. The molecule has 0 saturated heterocycles. The van der Waals surface area contributed by atoms with Crippen molar-refractivity contribution in [1.29, 1.82) is 0 Å². The molecule has 4 nitrogen and oxygen atoms in total. The Bertz CT molecular complexity index is 324. The number of nitrogens with two attached hydrogens (primary N) is 2. The molecule has 15 heavy (non-hydrogen) atoms. The monoisotopic (exact) mass is 210 g/mol.